The van der Waals surface area contributed by atoms with E-state index in [1.54, 1.807) is 6.92 Å². The Balaban J connectivity index is 1.77. The van der Waals surface area contributed by atoms with Gasteiger partial charge in [0, 0.05) is 13.1 Å². The number of nitrogens with one attached hydrogen (secondary N) is 2. The lowest BCUT2D eigenvalue weighted by Gasteiger charge is -2.12. The van der Waals surface area contributed by atoms with Crippen molar-refractivity contribution >= 4 is 12.0 Å². The monoisotopic (exact) mass is 358 g/mol. The number of hydrogen-bond donors (Lipinski definition) is 2. The van der Waals surface area contributed by atoms with Gasteiger partial charge in [-0.05, 0) is 37.3 Å². The van der Waals surface area contributed by atoms with Gasteiger partial charge < -0.3 is 15.4 Å². The van der Waals surface area contributed by atoms with E-state index in [4.69, 9.17) is 4.74 Å². The van der Waals surface area contributed by atoms with Crippen LogP contribution in [0.25, 0.3) is 0 Å². The first-order valence-corrected chi connectivity index (χ1v) is 8.19. The molecule has 0 heterocycles. The zero-order valence-electron chi connectivity index (χ0n) is 13.9. The molecule has 5 nitrogen and oxygen atoms in total. The van der Waals surface area contributed by atoms with E-state index in [0.717, 1.165) is 6.07 Å². The molecule has 1 saturated carbocycles. The van der Waals surface area contributed by atoms with Gasteiger partial charge in [-0.3, -0.25) is 4.79 Å². The molecule has 2 unspecified atom stereocenters. The SMILES string of the molecule is CCNC(=O)NCCCOC(=O)C1CC1c1ccccc1C(F)(F)F. The van der Waals surface area contributed by atoms with E-state index in [-0.39, 0.29) is 18.2 Å². The van der Waals surface area contributed by atoms with Crippen molar-refractivity contribution in [3.63, 3.8) is 0 Å². The molecule has 0 radical (unpaired) electrons. The Morgan fingerprint density at radius 2 is 1.96 bits per heavy atom. The zero-order valence-corrected chi connectivity index (χ0v) is 13.9. The van der Waals surface area contributed by atoms with Gasteiger partial charge in [-0.15, -0.1) is 0 Å². The first kappa shape index (κ1) is 19.1. The van der Waals surface area contributed by atoms with Crippen molar-refractivity contribution < 1.29 is 27.5 Å². The van der Waals surface area contributed by atoms with Crippen LogP contribution in [0.1, 0.15) is 36.8 Å². The van der Waals surface area contributed by atoms with Crippen LogP contribution >= 0.6 is 0 Å². The number of rotatable bonds is 7. The van der Waals surface area contributed by atoms with E-state index in [1.807, 2.05) is 0 Å². The van der Waals surface area contributed by atoms with Gasteiger partial charge in [0.2, 0.25) is 0 Å². The minimum Gasteiger partial charge on any atom is -0.465 e. The molecular formula is C17H21F3N2O3. The Kier molecular flexibility index (Phi) is 6.27. The van der Waals surface area contributed by atoms with Crippen molar-refractivity contribution in [2.75, 3.05) is 19.7 Å². The van der Waals surface area contributed by atoms with Gasteiger partial charge in [-0.25, -0.2) is 4.79 Å². The smallest absolute Gasteiger partial charge is 0.416 e. The van der Waals surface area contributed by atoms with E-state index in [9.17, 15) is 22.8 Å². The summed E-state index contributed by atoms with van der Waals surface area (Å²) in [5.41, 5.74) is -0.545. The van der Waals surface area contributed by atoms with Gasteiger partial charge in [0.25, 0.3) is 0 Å². The van der Waals surface area contributed by atoms with Crippen molar-refractivity contribution in [3.8, 4) is 0 Å². The molecule has 2 rings (SSSR count). The van der Waals surface area contributed by atoms with Crippen LogP contribution in [0, 0.1) is 5.92 Å². The Morgan fingerprint density at radius 1 is 1.24 bits per heavy atom. The molecule has 0 saturated heterocycles. The molecule has 1 aromatic rings. The third-order valence-corrected chi connectivity index (χ3v) is 3.95. The maximum atomic E-state index is 13.0. The molecule has 25 heavy (non-hydrogen) atoms. The third-order valence-electron chi connectivity index (χ3n) is 3.95. The first-order chi connectivity index (χ1) is 11.8. The number of carbonyl (C=O) groups is 2. The highest BCUT2D eigenvalue weighted by molar-refractivity contribution is 5.77. The topological polar surface area (TPSA) is 67.4 Å². The average Bonchev–Trinajstić information content (AvgIpc) is 3.34. The molecule has 1 aromatic carbocycles. The molecule has 1 aliphatic rings. The predicted octanol–water partition coefficient (Wildman–Crippen LogP) is 3.06. The Morgan fingerprint density at radius 3 is 2.64 bits per heavy atom. The van der Waals surface area contributed by atoms with Crippen LogP contribution in [-0.4, -0.2) is 31.7 Å². The average molecular weight is 358 g/mol. The molecule has 2 atom stereocenters. The number of benzene rings is 1. The van der Waals surface area contributed by atoms with Crippen molar-refractivity contribution in [1.29, 1.82) is 0 Å². The summed E-state index contributed by atoms with van der Waals surface area (Å²) in [7, 11) is 0. The minimum atomic E-state index is -4.43. The standard InChI is InChI=1S/C17H21F3N2O3/c1-2-21-16(24)22-8-5-9-25-15(23)13-10-12(13)11-6-3-4-7-14(11)17(18,19)20/h3-4,6-7,12-13H,2,5,8-10H2,1H3,(H2,21,22,24). The van der Waals surface area contributed by atoms with Crippen molar-refractivity contribution in [3.05, 3.63) is 35.4 Å². The summed E-state index contributed by atoms with van der Waals surface area (Å²) >= 11 is 0. The quantitative estimate of drug-likeness (QED) is 0.581. The number of alkyl halides is 3. The van der Waals surface area contributed by atoms with E-state index in [1.165, 1.54) is 18.2 Å². The summed E-state index contributed by atoms with van der Waals surface area (Å²) in [4.78, 5) is 23.1. The van der Waals surface area contributed by atoms with Crippen LogP contribution in [0.15, 0.2) is 24.3 Å². The van der Waals surface area contributed by atoms with Crippen LogP contribution in [0.4, 0.5) is 18.0 Å². The molecular weight excluding hydrogens is 337 g/mol. The lowest BCUT2D eigenvalue weighted by molar-refractivity contribution is -0.145. The van der Waals surface area contributed by atoms with Gasteiger partial charge in [0.15, 0.2) is 0 Å². The molecule has 2 N–H and O–H groups in total. The van der Waals surface area contributed by atoms with Crippen LogP contribution in [0.5, 0.6) is 0 Å². The molecule has 8 heteroatoms. The van der Waals surface area contributed by atoms with E-state index in [2.05, 4.69) is 10.6 Å². The van der Waals surface area contributed by atoms with E-state index in [0.29, 0.717) is 25.9 Å². The van der Waals surface area contributed by atoms with Gasteiger partial charge >= 0.3 is 18.2 Å². The van der Waals surface area contributed by atoms with Gasteiger partial charge in [0.1, 0.15) is 0 Å². The maximum Gasteiger partial charge on any atom is 0.416 e. The number of esters is 1. The van der Waals surface area contributed by atoms with Crippen molar-refractivity contribution in [2.24, 2.45) is 5.92 Å². The summed E-state index contributed by atoms with van der Waals surface area (Å²) in [6.07, 6.45) is -3.62. The largest absolute Gasteiger partial charge is 0.465 e. The minimum absolute atomic E-state index is 0.120. The maximum absolute atomic E-state index is 13.0. The molecule has 1 fully saturated rings. The Labute approximate surface area is 143 Å². The van der Waals surface area contributed by atoms with Crippen LogP contribution in [0.2, 0.25) is 0 Å². The number of ether oxygens (including phenoxy) is 1. The summed E-state index contributed by atoms with van der Waals surface area (Å²) < 4.78 is 44.1. The molecule has 0 aliphatic heterocycles. The number of amides is 2. The Hall–Kier alpha value is -2.25. The number of halogens is 3. The van der Waals surface area contributed by atoms with Gasteiger partial charge in [-0.2, -0.15) is 13.2 Å². The predicted molar refractivity (Wildman–Crippen MR) is 84.9 cm³/mol. The van der Waals surface area contributed by atoms with Crippen LogP contribution < -0.4 is 10.6 Å². The van der Waals surface area contributed by atoms with Crippen LogP contribution in [0.3, 0.4) is 0 Å². The number of carbonyl (C=O) groups excluding carboxylic acids is 2. The highest BCUT2D eigenvalue weighted by Gasteiger charge is 2.48. The first-order valence-electron chi connectivity index (χ1n) is 8.19. The second kappa shape index (κ2) is 8.22. The fourth-order valence-corrected chi connectivity index (χ4v) is 2.65. The lowest BCUT2D eigenvalue weighted by atomic mass is 10.0. The molecule has 2 amide bonds. The van der Waals surface area contributed by atoms with Crippen molar-refractivity contribution in [2.45, 2.75) is 31.9 Å². The zero-order chi connectivity index (χ0) is 18.4. The highest BCUT2D eigenvalue weighted by atomic mass is 19.4. The van der Waals surface area contributed by atoms with Gasteiger partial charge in [0.05, 0.1) is 18.1 Å². The fraction of sp³-hybridized carbons (Fsp3) is 0.529. The summed E-state index contributed by atoms with van der Waals surface area (Å²) in [6, 6.07) is 5.03. The molecule has 0 aromatic heterocycles. The second-order valence-corrected chi connectivity index (χ2v) is 5.84. The van der Waals surface area contributed by atoms with Crippen molar-refractivity contribution in [1.82, 2.24) is 10.6 Å². The fourth-order valence-electron chi connectivity index (χ4n) is 2.65. The Bertz CT molecular complexity index is 619. The summed E-state index contributed by atoms with van der Waals surface area (Å²) in [5.74, 6) is -1.46. The van der Waals surface area contributed by atoms with Gasteiger partial charge in [-0.1, -0.05) is 18.2 Å². The van der Waals surface area contributed by atoms with Crippen LogP contribution in [-0.2, 0) is 15.7 Å². The highest BCUT2D eigenvalue weighted by Crippen LogP contribution is 2.51. The third kappa shape index (κ3) is 5.37. The van der Waals surface area contributed by atoms with E-state index >= 15 is 0 Å². The number of hydrogen-bond acceptors (Lipinski definition) is 3. The normalized spacial score (nSPS) is 19.2. The molecule has 1 aliphatic carbocycles. The molecule has 138 valence electrons. The lowest BCUT2D eigenvalue weighted by Crippen LogP contribution is -2.36. The molecule has 0 spiro atoms. The summed E-state index contributed by atoms with van der Waals surface area (Å²) in [6.45, 7) is 2.78. The number of urea groups is 1. The summed E-state index contributed by atoms with van der Waals surface area (Å²) in [5, 5.41) is 5.16. The molecule has 0 bridgehead atoms. The second-order valence-electron chi connectivity index (χ2n) is 5.84. The van der Waals surface area contributed by atoms with E-state index < -0.39 is 29.5 Å².